The van der Waals surface area contributed by atoms with Crippen LogP contribution in [0.4, 0.5) is 10.6 Å². The van der Waals surface area contributed by atoms with Crippen LogP contribution in [0.1, 0.15) is 18.9 Å². The lowest BCUT2D eigenvalue weighted by molar-refractivity contribution is 0.251. The second-order valence-electron chi connectivity index (χ2n) is 4.08. The van der Waals surface area contributed by atoms with E-state index >= 15 is 0 Å². The number of aromatic nitrogens is 1. The fourth-order valence-corrected chi connectivity index (χ4v) is 1.74. The number of hydrogen-bond donors (Lipinski definition) is 2. The highest BCUT2D eigenvalue weighted by Gasteiger charge is 2.33. The minimum atomic E-state index is -0.280. The molecule has 1 fully saturated rings. The lowest BCUT2D eigenvalue weighted by atomic mass is 10.3. The molecule has 1 aliphatic rings. The van der Waals surface area contributed by atoms with E-state index in [1.165, 1.54) is 12.3 Å². The average Bonchev–Trinajstić information content (AvgIpc) is 2.97. The lowest BCUT2D eigenvalue weighted by Crippen LogP contribution is -2.31. The molecule has 1 aromatic heterocycles. The molecule has 2 rings (SSSR count). The fraction of sp³-hybridized carbons (Fsp3) is 0.364. The van der Waals surface area contributed by atoms with Crippen molar-refractivity contribution in [1.82, 2.24) is 10.3 Å². The van der Waals surface area contributed by atoms with Gasteiger partial charge in [-0.25, -0.2) is 9.78 Å². The Morgan fingerprint density at radius 2 is 2.41 bits per heavy atom. The Bertz CT molecular complexity index is 497. The third-order valence-corrected chi connectivity index (χ3v) is 3.28. The standard InChI is InChI=1S/C11H11BrN4O/c1-6-2-9(6)15-11(17)16-10-3-7(4-13)8(12)5-14-10/h3,5-6,9H,2H2,1H3,(H2,14,15,16,17)/t6-,9+/m0/s1. The number of halogens is 1. The molecule has 1 saturated carbocycles. The summed E-state index contributed by atoms with van der Waals surface area (Å²) in [5.74, 6) is 0.920. The summed E-state index contributed by atoms with van der Waals surface area (Å²) in [4.78, 5) is 15.5. The molecule has 0 aromatic carbocycles. The van der Waals surface area contributed by atoms with Gasteiger partial charge in [0.2, 0.25) is 0 Å². The molecule has 17 heavy (non-hydrogen) atoms. The quantitative estimate of drug-likeness (QED) is 0.878. The number of hydrogen-bond acceptors (Lipinski definition) is 3. The summed E-state index contributed by atoms with van der Waals surface area (Å²) in [7, 11) is 0. The predicted octanol–water partition coefficient (Wildman–Crippen LogP) is 2.25. The summed E-state index contributed by atoms with van der Waals surface area (Å²) in [6.45, 7) is 2.08. The highest BCUT2D eigenvalue weighted by Crippen LogP contribution is 2.28. The zero-order chi connectivity index (χ0) is 12.4. The Hall–Kier alpha value is -1.61. The van der Waals surface area contributed by atoms with E-state index in [9.17, 15) is 4.79 Å². The molecule has 5 nitrogen and oxygen atoms in total. The van der Waals surface area contributed by atoms with E-state index in [2.05, 4.69) is 38.5 Å². The van der Waals surface area contributed by atoms with Gasteiger partial charge in [0.1, 0.15) is 11.9 Å². The normalized spacial score (nSPS) is 21.5. The molecule has 88 valence electrons. The first-order valence-corrected chi connectivity index (χ1v) is 6.02. The number of nitrogens with one attached hydrogen (secondary N) is 2. The smallest absolute Gasteiger partial charge is 0.320 e. The summed E-state index contributed by atoms with van der Waals surface area (Å²) in [5, 5.41) is 14.3. The number of nitrogens with zero attached hydrogens (tertiary/aromatic N) is 2. The van der Waals surface area contributed by atoms with Gasteiger partial charge in [0, 0.05) is 12.2 Å². The van der Waals surface area contributed by atoms with Crippen molar-refractivity contribution in [3.63, 3.8) is 0 Å². The monoisotopic (exact) mass is 294 g/mol. The van der Waals surface area contributed by atoms with E-state index in [-0.39, 0.29) is 12.1 Å². The molecule has 2 amide bonds. The Morgan fingerprint density at radius 3 is 3.00 bits per heavy atom. The molecule has 2 atom stereocenters. The topological polar surface area (TPSA) is 77.8 Å². The van der Waals surface area contributed by atoms with Gasteiger partial charge in [-0.15, -0.1) is 0 Å². The van der Waals surface area contributed by atoms with Crippen molar-refractivity contribution >= 4 is 27.8 Å². The van der Waals surface area contributed by atoms with Crippen LogP contribution in [0, 0.1) is 17.2 Å². The first-order chi connectivity index (χ1) is 8.10. The summed E-state index contributed by atoms with van der Waals surface area (Å²) in [6, 6.07) is 3.52. The number of nitriles is 1. The highest BCUT2D eigenvalue weighted by atomic mass is 79.9. The van der Waals surface area contributed by atoms with Gasteiger partial charge in [0.15, 0.2) is 0 Å². The SMILES string of the molecule is C[C@H]1C[C@H]1NC(=O)Nc1cc(C#N)c(Br)cn1. The van der Waals surface area contributed by atoms with Gasteiger partial charge in [-0.2, -0.15) is 5.26 Å². The van der Waals surface area contributed by atoms with E-state index in [1.54, 1.807) is 0 Å². The van der Waals surface area contributed by atoms with Crippen LogP contribution in [0.25, 0.3) is 0 Å². The number of rotatable bonds is 2. The number of pyridine rings is 1. The van der Waals surface area contributed by atoms with Crippen molar-refractivity contribution in [2.75, 3.05) is 5.32 Å². The maximum atomic E-state index is 11.5. The Balaban J connectivity index is 1.98. The number of carbonyl (C=O) groups is 1. The molecule has 0 saturated heterocycles. The van der Waals surface area contributed by atoms with E-state index < -0.39 is 0 Å². The van der Waals surface area contributed by atoms with Crippen molar-refractivity contribution in [2.45, 2.75) is 19.4 Å². The number of anilines is 1. The van der Waals surface area contributed by atoms with Gasteiger partial charge in [0.25, 0.3) is 0 Å². The van der Waals surface area contributed by atoms with Crippen LogP contribution in [0.3, 0.4) is 0 Å². The van der Waals surface area contributed by atoms with E-state index in [0.29, 0.717) is 21.8 Å². The van der Waals surface area contributed by atoms with Crippen LogP contribution in [0.5, 0.6) is 0 Å². The van der Waals surface area contributed by atoms with Gasteiger partial charge in [-0.3, -0.25) is 5.32 Å². The van der Waals surface area contributed by atoms with Crippen LogP contribution >= 0.6 is 15.9 Å². The molecule has 1 aliphatic carbocycles. The number of amides is 2. The van der Waals surface area contributed by atoms with Crippen LogP contribution < -0.4 is 10.6 Å². The average molecular weight is 295 g/mol. The van der Waals surface area contributed by atoms with Crippen LogP contribution in [0.2, 0.25) is 0 Å². The van der Waals surface area contributed by atoms with Gasteiger partial charge in [-0.05, 0) is 34.3 Å². The zero-order valence-electron chi connectivity index (χ0n) is 9.20. The number of urea groups is 1. The molecule has 0 radical (unpaired) electrons. The second kappa shape index (κ2) is 4.72. The van der Waals surface area contributed by atoms with Crippen molar-refractivity contribution < 1.29 is 4.79 Å². The molecule has 1 heterocycles. The maximum Gasteiger partial charge on any atom is 0.320 e. The van der Waals surface area contributed by atoms with Crippen molar-refractivity contribution in [2.24, 2.45) is 5.92 Å². The van der Waals surface area contributed by atoms with Crippen molar-refractivity contribution in [3.8, 4) is 6.07 Å². The first kappa shape index (κ1) is 11.9. The maximum absolute atomic E-state index is 11.5. The van der Waals surface area contributed by atoms with Gasteiger partial charge >= 0.3 is 6.03 Å². The van der Waals surface area contributed by atoms with Crippen LogP contribution in [-0.2, 0) is 0 Å². The fourth-order valence-electron chi connectivity index (χ4n) is 1.44. The van der Waals surface area contributed by atoms with Crippen LogP contribution in [0.15, 0.2) is 16.7 Å². The Labute approximate surface area is 107 Å². The van der Waals surface area contributed by atoms with E-state index in [0.717, 1.165) is 6.42 Å². The minimum Gasteiger partial charge on any atom is -0.335 e. The van der Waals surface area contributed by atoms with Crippen molar-refractivity contribution in [1.29, 1.82) is 5.26 Å². The summed E-state index contributed by atoms with van der Waals surface area (Å²) in [6.07, 6.45) is 2.51. The highest BCUT2D eigenvalue weighted by molar-refractivity contribution is 9.10. The molecule has 0 bridgehead atoms. The molecular weight excluding hydrogens is 284 g/mol. The first-order valence-electron chi connectivity index (χ1n) is 5.23. The summed E-state index contributed by atoms with van der Waals surface area (Å²) >= 11 is 3.20. The zero-order valence-corrected chi connectivity index (χ0v) is 10.8. The molecule has 0 unspecified atom stereocenters. The molecule has 0 spiro atoms. The molecule has 1 aromatic rings. The van der Waals surface area contributed by atoms with Crippen molar-refractivity contribution in [3.05, 3.63) is 22.3 Å². The van der Waals surface area contributed by atoms with Gasteiger partial charge < -0.3 is 5.32 Å². The third kappa shape index (κ3) is 2.94. The van der Waals surface area contributed by atoms with Gasteiger partial charge in [-0.1, -0.05) is 6.92 Å². The molecular formula is C11H11BrN4O. The predicted molar refractivity (Wildman–Crippen MR) is 66.4 cm³/mol. The molecule has 6 heteroatoms. The summed E-state index contributed by atoms with van der Waals surface area (Å²) < 4.78 is 0.613. The van der Waals surface area contributed by atoms with Crippen LogP contribution in [-0.4, -0.2) is 17.1 Å². The summed E-state index contributed by atoms with van der Waals surface area (Å²) in [5.41, 5.74) is 0.440. The Kier molecular flexibility index (Phi) is 3.29. The number of carbonyl (C=O) groups excluding carboxylic acids is 1. The second-order valence-corrected chi connectivity index (χ2v) is 4.93. The molecule has 2 N–H and O–H groups in total. The van der Waals surface area contributed by atoms with E-state index in [1.807, 2.05) is 6.07 Å². The van der Waals surface area contributed by atoms with Gasteiger partial charge in [0.05, 0.1) is 10.0 Å². The third-order valence-electron chi connectivity index (χ3n) is 2.64. The van der Waals surface area contributed by atoms with E-state index in [4.69, 9.17) is 5.26 Å². The minimum absolute atomic E-state index is 0.265. The Morgan fingerprint density at radius 1 is 1.71 bits per heavy atom. The lowest BCUT2D eigenvalue weighted by Gasteiger charge is -2.06. The molecule has 0 aliphatic heterocycles. The largest absolute Gasteiger partial charge is 0.335 e.